The van der Waals surface area contributed by atoms with Crippen LogP contribution in [-0.2, 0) is 6.54 Å². The number of likely N-dealkylation sites (N-methyl/N-ethyl adjacent to an activating group) is 1. The molecule has 9 heteroatoms. The lowest BCUT2D eigenvalue weighted by Gasteiger charge is -2.45. The van der Waals surface area contributed by atoms with Crippen LogP contribution in [0.15, 0.2) is 29.7 Å². The van der Waals surface area contributed by atoms with Gasteiger partial charge in [-0.25, -0.2) is 20.1 Å². The molecular formula is C15H18N8O. The number of aromatic amines is 1. The molecule has 1 saturated heterocycles. The summed E-state index contributed by atoms with van der Waals surface area (Å²) in [6.07, 6.45) is 5.05. The molecule has 0 saturated carbocycles. The van der Waals surface area contributed by atoms with Crippen molar-refractivity contribution < 1.29 is 0 Å². The van der Waals surface area contributed by atoms with Crippen molar-refractivity contribution in [2.24, 2.45) is 0 Å². The molecule has 0 atom stereocenters. The Balaban J connectivity index is 1.55. The summed E-state index contributed by atoms with van der Waals surface area (Å²) in [6, 6.07) is 1.86. The lowest BCUT2D eigenvalue weighted by molar-refractivity contribution is 0.493. The highest BCUT2D eigenvalue weighted by Crippen LogP contribution is 2.27. The third kappa shape index (κ3) is 2.29. The molecule has 3 aromatic heterocycles. The highest BCUT2D eigenvalue weighted by molar-refractivity contribution is 5.83. The van der Waals surface area contributed by atoms with Gasteiger partial charge in [0.05, 0.1) is 24.3 Å². The first-order valence-corrected chi connectivity index (χ1v) is 7.85. The van der Waals surface area contributed by atoms with Gasteiger partial charge >= 0.3 is 0 Å². The maximum atomic E-state index is 11.4. The topological polar surface area (TPSA) is 95.8 Å². The van der Waals surface area contributed by atoms with Gasteiger partial charge in [-0.2, -0.15) is 5.10 Å². The second kappa shape index (κ2) is 5.59. The van der Waals surface area contributed by atoms with E-state index in [2.05, 4.69) is 41.9 Å². The minimum atomic E-state index is -0.188. The van der Waals surface area contributed by atoms with Crippen LogP contribution in [0.4, 0.5) is 11.5 Å². The van der Waals surface area contributed by atoms with Crippen molar-refractivity contribution in [1.29, 1.82) is 0 Å². The molecule has 0 unspecified atom stereocenters. The predicted molar refractivity (Wildman–Crippen MR) is 90.3 cm³/mol. The van der Waals surface area contributed by atoms with Gasteiger partial charge in [0, 0.05) is 32.7 Å². The molecule has 1 aliphatic heterocycles. The fourth-order valence-corrected chi connectivity index (χ4v) is 2.98. The Labute approximate surface area is 138 Å². The number of nitrogens with zero attached hydrogens (tertiary/aromatic N) is 7. The van der Waals surface area contributed by atoms with Crippen molar-refractivity contribution in [2.45, 2.75) is 19.5 Å². The Morgan fingerprint density at radius 1 is 1.33 bits per heavy atom. The van der Waals surface area contributed by atoms with Gasteiger partial charge in [0.25, 0.3) is 5.56 Å². The van der Waals surface area contributed by atoms with Crippen molar-refractivity contribution in [3.05, 3.63) is 35.3 Å². The number of fused-ring (bicyclic) bond motifs is 1. The van der Waals surface area contributed by atoms with Crippen LogP contribution in [0.25, 0.3) is 11.2 Å². The number of nitrogens with one attached hydrogen (secondary N) is 1. The van der Waals surface area contributed by atoms with E-state index in [0.29, 0.717) is 6.04 Å². The van der Waals surface area contributed by atoms with Crippen molar-refractivity contribution in [3.63, 3.8) is 0 Å². The first-order valence-electron chi connectivity index (χ1n) is 7.85. The maximum absolute atomic E-state index is 11.4. The second-order valence-corrected chi connectivity index (χ2v) is 5.87. The molecule has 4 rings (SSSR count). The van der Waals surface area contributed by atoms with Crippen LogP contribution in [0.3, 0.4) is 0 Å². The zero-order valence-corrected chi connectivity index (χ0v) is 13.5. The third-order valence-electron chi connectivity index (χ3n) is 4.48. The van der Waals surface area contributed by atoms with E-state index in [1.807, 2.05) is 11.6 Å². The number of imidazole rings is 1. The number of aromatic nitrogens is 6. The van der Waals surface area contributed by atoms with Gasteiger partial charge in [0.1, 0.15) is 6.33 Å². The molecule has 0 amide bonds. The van der Waals surface area contributed by atoms with Crippen LogP contribution in [0, 0.1) is 0 Å². The van der Waals surface area contributed by atoms with E-state index in [1.165, 1.54) is 0 Å². The number of rotatable bonds is 4. The van der Waals surface area contributed by atoms with Gasteiger partial charge in [0.15, 0.2) is 17.0 Å². The van der Waals surface area contributed by atoms with Gasteiger partial charge in [-0.3, -0.25) is 4.79 Å². The Hall–Kier alpha value is -2.97. The van der Waals surface area contributed by atoms with Crippen LogP contribution < -0.4 is 15.4 Å². The average Bonchev–Trinajstić information content (AvgIpc) is 2.96. The maximum Gasteiger partial charge on any atom is 0.266 e. The predicted octanol–water partition coefficient (Wildman–Crippen LogP) is 0.255. The third-order valence-corrected chi connectivity index (χ3v) is 4.48. The summed E-state index contributed by atoms with van der Waals surface area (Å²) in [6.45, 7) is 4.50. The summed E-state index contributed by atoms with van der Waals surface area (Å²) in [7, 11) is 2.02. The molecule has 0 bridgehead atoms. The Morgan fingerprint density at radius 3 is 2.92 bits per heavy atom. The van der Waals surface area contributed by atoms with E-state index >= 15 is 0 Å². The van der Waals surface area contributed by atoms with E-state index in [-0.39, 0.29) is 5.56 Å². The van der Waals surface area contributed by atoms with Crippen molar-refractivity contribution in [3.8, 4) is 0 Å². The summed E-state index contributed by atoms with van der Waals surface area (Å²) < 4.78 is 2.00. The zero-order valence-electron chi connectivity index (χ0n) is 13.5. The molecule has 1 aliphatic rings. The van der Waals surface area contributed by atoms with Crippen LogP contribution in [-0.4, -0.2) is 55.9 Å². The Bertz CT molecular complexity index is 926. The number of H-pyrrole nitrogens is 1. The number of anilines is 2. The van der Waals surface area contributed by atoms with Crippen molar-refractivity contribution in [1.82, 2.24) is 29.7 Å². The molecule has 0 spiro atoms. The van der Waals surface area contributed by atoms with E-state index in [4.69, 9.17) is 0 Å². The second-order valence-electron chi connectivity index (χ2n) is 5.87. The van der Waals surface area contributed by atoms with Gasteiger partial charge < -0.3 is 14.4 Å². The number of hydrogen-bond acceptors (Lipinski definition) is 7. The van der Waals surface area contributed by atoms with Gasteiger partial charge in [-0.1, -0.05) is 0 Å². The smallest absolute Gasteiger partial charge is 0.266 e. The number of hydrogen-bond donors (Lipinski definition) is 1. The van der Waals surface area contributed by atoms with Gasteiger partial charge in [-0.15, -0.1) is 0 Å². The highest BCUT2D eigenvalue weighted by Gasteiger charge is 2.32. The summed E-state index contributed by atoms with van der Waals surface area (Å²) in [4.78, 5) is 28.8. The largest absolute Gasteiger partial charge is 0.366 e. The molecule has 1 fully saturated rings. The fraction of sp³-hybridized carbons (Fsp3) is 0.400. The van der Waals surface area contributed by atoms with E-state index in [9.17, 15) is 4.79 Å². The van der Waals surface area contributed by atoms with Crippen LogP contribution in [0.2, 0.25) is 0 Å². The van der Waals surface area contributed by atoms with Crippen molar-refractivity contribution in [2.75, 3.05) is 29.9 Å². The SMILES string of the molecule is CCn1cnc2c(N(C)C3CN(c4cn[nH]c(=O)c4)C3)ncnc21. The van der Waals surface area contributed by atoms with E-state index in [0.717, 1.165) is 42.3 Å². The molecule has 1 N–H and O–H groups in total. The standard InChI is InChI=1S/C15H18N8O/c1-3-22-9-18-13-14(16-8-17-15(13)22)21(2)11-6-23(7-11)10-4-12(24)20-19-5-10/h4-5,8-9,11H,3,6-7H2,1-2H3,(H,20,24). The van der Waals surface area contributed by atoms with Crippen molar-refractivity contribution >= 4 is 22.7 Å². The minimum absolute atomic E-state index is 0.188. The molecule has 0 radical (unpaired) electrons. The molecule has 124 valence electrons. The quantitative estimate of drug-likeness (QED) is 0.734. The minimum Gasteiger partial charge on any atom is -0.366 e. The van der Waals surface area contributed by atoms with Gasteiger partial charge in [0.2, 0.25) is 0 Å². The van der Waals surface area contributed by atoms with E-state index < -0.39 is 0 Å². The Morgan fingerprint density at radius 2 is 2.17 bits per heavy atom. The van der Waals surface area contributed by atoms with Crippen LogP contribution in [0.1, 0.15) is 6.92 Å². The molecular weight excluding hydrogens is 308 g/mol. The monoisotopic (exact) mass is 326 g/mol. The van der Waals surface area contributed by atoms with E-state index in [1.54, 1.807) is 24.9 Å². The molecule has 24 heavy (non-hydrogen) atoms. The summed E-state index contributed by atoms with van der Waals surface area (Å²) >= 11 is 0. The fourth-order valence-electron chi connectivity index (χ4n) is 2.98. The molecule has 4 heterocycles. The summed E-state index contributed by atoms with van der Waals surface area (Å²) in [5, 5.41) is 6.23. The Kier molecular flexibility index (Phi) is 3.40. The summed E-state index contributed by atoms with van der Waals surface area (Å²) in [5.74, 6) is 0.834. The summed E-state index contributed by atoms with van der Waals surface area (Å²) in [5.41, 5.74) is 2.32. The van der Waals surface area contributed by atoms with Gasteiger partial charge in [-0.05, 0) is 6.92 Å². The molecule has 9 nitrogen and oxygen atoms in total. The van der Waals surface area contributed by atoms with Crippen LogP contribution in [0.5, 0.6) is 0 Å². The molecule has 0 aromatic carbocycles. The lowest BCUT2D eigenvalue weighted by atomic mass is 10.1. The lowest BCUT2D eigenvalue weighted by Crippen LogP contribution is -2.59. The molecule has 0 aliphatic carbocycles. The number of aryl methyl sites for hydroxylation is 1. The molecule has 3 aromatic rings. The zero-order chi connectivity index (χ0) is 16.7. The first-order chi connectivity index (χ1) is 11.7. The first kappa shape index (κ1) is 14.6. The highest BCUT2D eigenvalue weighted by atomic mass is 16.1. The van der Waals surface area contributed by atoms with Crippen LogP contribution >= 0.6 is 0 Å². The normalized spacial score (nSPS) is 14.8. The average molecular weight is 326 g/mol.